The van der Waals surface area contributed by atoms with Crippen molar-refractivity contribution >= 4 is 28.9 Å². The van der Waals surface area contributed by atoms with Crippen LogP contribution in [0.25, 0.3) is 0 Å². The van der Waals surface area contributed by atoms with E-state index in [1.165, 1.54) is 23.5 Å². The molecule has 1 saturated heterocycles. The molecule has 0 aliphatic carbocycles. The van der Waals surface area contributed by atoms with E-state index in [0.717, 1.165) is 43.2 Å². The van der Waals surface area contributed by atoms with Crippen molar-refractivity contribution in [3.05, 3.63) is 52.5 Å². The largest absolute Gasteiger partial charge is 0.370 e. The molecule has 1 fully saturated rings. The van der Waals surface area contributed by atoms with Crippen molar-refractivity contribution in [1.29, 1.82) is 0 Å². The van der Waals surface area contributed by atoms with Crippen molar-refractivity contribution < 1.29 is 9.18 Å². The Morgan fingerprint density at radius 3 is 2.59 bits per heavy atom. The smallest absolute Gasteiger partial charge is 0.261 e. The molecule has 0 saturated carbocycles. The average molecular weight is 390 g/mol. The highest BCUT2D eigenvalue weighted by Crippen LogP contribution is 2.16. The highest BCUT2D eigenvalue weighted by atomic mass is 32.1. The summed E-state index contributed by atoms with van der Waals surface area (Å²) in [5, 5.41) is 4.77. The number of halogens is 1. The van der Waals surface area contributed by atoms with E-state index in [0.29, 0.717) is 19.0 Å². The normalized spacial score (nSPS) is 15.1. The molecule has 1 aliphatic heterocycles. The first-order chi connectivity index (χ1) is 13.1. The highest BCUT2D eigenvalue weighted by molar-refractivity contribution is 7.12. The van der Waals surface area contributed by atoms with Gasteiger partial charge in [-0.1, -0.05) is 6.07 Å². The third kappa shape index (κ3) is 5.43. The van der Waals surface area contributed by atoms with Crippen molar-refractivity contribution in [2.24, 2.45) is 10.7 Å². The number of guanidine groups is 1. The van der Waals surface area contributed by atoms with Crippen LogP contribution in [0.1, 0.15) is 16.1 Å². The van der Waals surface area contributed by atoms with Crippen molar-refractivity contribution in [2.45, 2.75) is 6.42 Å². The highest BCUT2D eigenvalue weighted by Gasteiger charge is 2.18. The van der Waals surface area contributed by atoms with E-state index < -0.39 is 0 Å². The van der Waals surface area contributed by atoms with Gasteiger partial charge < -0.3 is 20.9 Å². The van der Waals surface area contributed by atoms with Crippen molar-refractivity contribution in [2.75, 3.05) is 44.2 Å². The Morgan fingerprint density at radius 1 is 1.19 bits per heavy atom. The first kappa shape index (κ1) is 19.2. The molecule has 3 N–H and O–H groups in total. The number of rotatable bonds is 6. The number of hydrogen-bond donors (Lipinski definition) is 2. The van der Waals surface area contributed by atoms with E-state index in [4.69, 9.17) is 5.73 Å². The van der Waals surface area contributed by atoms with Crippen LogP contribution in [-0.2, 0) is 0 Å². The molecule has 8 heteroatoms. The van der Waals surface area contributed by atoms with E-state index in [1.807, 2.05) is 17.5 Å². The second-order valence-corrected chi connectivity index (χ2v) is 7.22. The predicted molar refractivity (Wildman–Crippen MR) is 108 cm³/mol. The second kappa shape index (κ2) is 9.36. The van der Waals surface area contributed by atoms with E-state index >= 15 is 0 Å². The molecule has 1 aromatic heterocycles. The maximum Gasteiger partial charge on any atom is 0.261 e. The van der Waals surface area contributed by atoms with Crippen molar-refractivity contribution in [3.8, 4) is 0 Å². The zero-order chi connectivity index (χ0) is 19.1. The molecule has 144 valence electrons. The summed E-state index contributed by atoms with van der Waals surface area (Å²) in [7, 11) is 0. The Balaban J connectivity index is 1.36. The number of piperazine rings is 1. The van der Waals surface area contributed by atoms with Gasteiger partial charge in [0.1, 0.15) is 5.82 Å². The van der Waals surface area contributed by atoms with Crippen LogP contribution in [0.3, 0.4) is 0 Å². The van der Waals surface area contributed by atoms with Crippen LogP contribution in [0, 0.1) is 5.82 Å². The summed E-state index contributed by atoms with van der Waals surface area (Å²) in [6.07, 6.45) is 0.743. The number of hydrogen-bond acceptors (Lipinski definition) is 4. The van der Waals surface area contributed by atoms with Gasteiger partial charge in [0.2, 0.25) is 0 Å². The number of anilines is 1. The minimum atomic E-state index is -0.222. The van der Waals surface area contributed by atoms with Gasteiger partial charge in [-0.15, -0.1) is 11.3 Å². The molecular formula is C19H24FN5OS. The fourth-order valence-corrected chi connectivity index (χ4v) is 3.56. The minimum absolute atomic E-state index is 0.0427. The summed E-state index contributed by atoms with van der Waals surface area (Å²) in [5.74, 6) is 0.276. The monoisotopic (exact) mass is 389 g/mol. The molecular weight excluding hydrogens is 365 g/mol. The molecule has 0 atom stereocenters. The van der Waals surface area contributed by atoms with E-state index in [9.17, 15) is 9.18 Å². The van der Waals surface area contributed by atoms with Crippen LogP contribution >= 0.6 is 11.3 Å². The topological polar surface area (TPSA) is 74.0 Å². The van der Waals surface area contributed by atoms with E-state index in [2.05, 4.69) is 20.1 Å². The third-order valence-electron chi connectivity index (χ3n) is 4.43. The molecule has 2 heterocycles. The average Bonchev–Trinajstić information content (AvgIpc) is 3.23. The maximum absolute atomic E-state index is 13.0. The van der Waals surface area contributed by atoms with Crippen LogP contribution < -0.4 is 16.0 Å². The van der Waals surface area contributed by atoms with E-state index in [-0.39, 0.29) is 11.7 Å². The van der Waals surface area contributed by atoms with Gasteiger partial charge in [0.05, 0.1) is 4.88 Å². The predicted octanol–water partition coefficient (Wildman–Crippen LogP) is 2.14. The summed E-state index contributed by atoms with van der Waals surface area (Å²) < 4.78 is 13.0. The first-order valence-electron chi connectivity index (χ1n) is 9.00. The molecule has 27 heavy (non-hydrogen) atoms. The van der Waals surface area contributed by atoms with Gasteiger partial charge in [-0.05, 0) is 42.1 Å². The van der Waals surface area contributed by atoms with Crippen LogP contribution in [0.4, 0.5) is 10.1 Å². The Bertz CT molecular complexity index is 755. The zero-order valence-electron chi connectivity index (χ0n) is 15.1. The van der Waals surface area contributed by atoms with Crippen LogP contribution in [-0.4, -0.2) is 56.0 Å². The number of carbonyl (C=O) groups excluding carboxylic acids is 1. The van der Waals surface area contributed by atoms with Gasteiger partial charge in [0, 0.05) is 45.0 Å². The molecule has 1 aliphatic rings. The molecule has 0 spiro atoms. The number of thiophene rings is 1. The Morgan fingerprint density at radius 2 is 1.93 bits per heavy atom. The van der Waals surface area contributed by atoms with Crippen LogP contribution in [0.2, 0.25) is 0 Å². The number of benzene rings is 1. The maximum atomic E-state index is 13.0. The molecule has 0 unspecified atom stereocenters. The summed E-state index contributed by atoms with van der Waals surface area (Å²) in [6.45, 7) is 4.35. The minimum Gasteiger partial charge on any atom is -0.370 e. The number of amides is 1. The van der Waals surface area contributed by atoms with Crippen LogP contribution in [0.5, 0.6) is 0 Å². The third-order valence-corrected chi connectivity index (χ3v) is 5.30. The van der Waals surface area contributed by atoms with Gasteiger partial charge in [0.25, 0.3) is 5.91 Å². The molecule has 2 aromatic rings. The quantitative estimate of drug-likeness (QED) is 0.451. The fraction of sp³-hybridized carbons (Fsp3) is 0.368. The number of nitrogens with one attached hydrogen (secondary N) is 1. The summed E-state index contributed by atoms with van der Waals surface area (Å²) >= 11 is 1.43. The zero-order valence-corrected chi connectivity index (χ0v) is 15.9. The SMILES string of the molecule is NC(=NCCCNC(=O)c1cccs1)N1CCN(c2ccc(F)cc2)CC1. The number of nitrogens with two attached hydrogens (primary N) is 1. The van der Waals surface area contributed by atoms with Crippen LogP contribution in [0.15, 0.2) is 46.8 Å². The molecule has 6 nitrogen and oxygen atoms in total. The van der Waals surface area contributed by atoms with Gasteiger partial charge in [0.15, 0.2) is 5.96 Å². The Labute approximate surface area is 162 Å². The second-order valence-electron chi connectivity index (χ2n) is 6.28. The van der Waals surface area contributed by atoms with Gasteiger partial charge in [-0.3, -0.25) is 9.79 Å². The Hall–Kier alpha value is -2.61. The van der Waals surface area contributed by atoms with Crippen molar-refractivity contribution in [1.82, 2.24) is 10.2 Å². The standard InChI is InChI=1S/C19H24FN5OS/c20-15-4-6-16(7-5-15)24-10-12-25(13-11-24)19(21)23-9-2-8-22-18(26)17-3-1-14-27-17/h1,3-7,14H,2,8-13H2,(H2,21,23)(H,22,26). The molecule has 0 bridgehead atoms. The first-order valence-corrected chi connectivity index (χ1v) is 9.88. The lowest BCUT2D eigenvalue weighted by Gasteiger charge is -2.36. The number of nitrogens with zero attached hydrogens (tertiary/aromatic N) is 3. The lowest BCUT2D eigenvalue weighted by atomic mass is 10.2. The molecule has 3 rings (SSSR count). The van der Waals surface area contributed by atoms with Gasteiger partial charge >= 0.3 is 0 Å². The number of aliphatic imine (C=N–C) groups is 1. The fourth-order valence-electron chi connectivity index (χ4n) is 2.92. The summed E-state index contributed by atoms with van der Waals surface area (Å²) in [6, 6.07) is 10.2. The Kier molecular flexibility index (Phi) is 6.64. The number of carbonyl (C=O) groups is 1. The molecule has 0 radical (unpaired) electrons. The van der Waals surface area contributed by atoms with Gasteiger partial charge in [-0.25, -0.2) is 4.39 Å². The van der Waals surface area contributed by atoms with Crippen molar-refractivity contribution in [3.63, 3.8) is 0 Å². The van der Waals surface area contributed by atoms with Gasteiger partial charge in [-0.2, -0.15) is 0 Å². The lowest BCUT2D eigenvalue weighted by Crippen LogP contribution is -2.51. The van der Waals surface area contributed by atoms with E-state index in [1.54, 1.807) is 12.1 Å². The summed E-state index contributed by atoms with van der Waals surface area (Å²) in [4.78, 5) is 21.2. The lowest BCUT2D eigenvalue weighted by molar-refractivity contribution is 0.0957. The molecule has 1 amide bonds. The summed E-state index contributed by atoms with van der Waals surface area (Å²) in [5.41, 5.74) is 7.12. The molecule has 1 aromatic carbocycles.